The number of carbonyl (C=O) groups is 2. The molecule has 6 aliphatic carbocycles. The summed E-state index contributed by atoms with van der Waals surface area (Å²) in [5.74, 6) is -0.599. The van der Waals surface area contributed by atoms with Crippen LogP contribution < -0.4 is 0 Å². The van der Waals surface area contributed by atoms with Crippen LogP contribution in [0.25, 0.3) is 0 Å². The summed E-state index contributed by atoms with van der Waals surface area (Å²) >= 11 is 26.8. The molecule has 0 heterocycles. The van der Waals surface area contributed by atoms with Gasteiger partial charge in [0.1, 0.15) is 19.9 Å². The number of aliphatic hydroxyl groups is 2. The number of hydrogen-bond donors (Lipinski definition) is 2. The molecule has 6 saturated carbocycles. The molecule has 0 aliphatic heterocycles. The van der Waals surface area contributed by atoms with E-state index in [0.29, 0.717) is 12.8 Å². The summed E-state index contributed by atoms with van der Waals surface area (Å²) in [4.78, 5) is 25.9. The molecule has 4 nitrogen and oxygen atoms in total. The Kier molecular flexibility index (Phi) is 6.82. The predicted molar refractivity (Wildman–Crippen MR) is 162 cm³/mol. The van der Waals surface area contributed by atoms with Crippen LogP contribution in [0.1, 0.15) is 120 Å². The van der Waals surface area contributed by atoms with Crippen LogP contribution in [-0.2, 0) is 9.59 Å². The van der Waals surface area contributed by atoms with Gasteiger partial charge in [-0.2, -0.15) is 0 Å². The number of carbonyl (C=O) groups excluding carboxylic acids is 2. The molecule has 0 unspecified atom stereocenters. The molecular formula is C32H48Cl4O4. The molecule has 0 radical (unpaired) electrons. The Morgan fingerprint density at radius 1 is 0.525 bits per heavy atom. The first-order valence-corrected chi connectivity index (χ1v) is 16.7. The molecule has 40 heavy (non-hydrogen) atoms. The van der Waals surface area contributed by atoms with Gasteiger partial charge in [0.15, 0.2) is 11.6 Å². The van der Waals surface area contributed by atoms with Crippen LogP contribution in [0.4, 0.5) is 0 Å². The van der Waals surface area contributed by atoms with E-state index in [0.717, 1.165) is 51.4 Å². The zero-order chi connectivity index (χ0) is 30.4. The predicted octanol–water partition coefficient (Wildman–Crippen LogP) is 8.21. The molecule has 8 atom stereocenters. The number of halogens is 4. The highest BCUT2D eigenvalue weighted by Gasteiger charge is 2.90. The van der Waals surface area contributed by atoms with Crippen molar-refractivity contribution >= 4 is 58.0 Å². The average molecular weight is 639 g/mol. The highest BCUT2D eigenvalue weighted by atomic mass is 35.5. The van der Waals surface area contributed by atoms with E-state index in [-0.39, 0.29) is 55.9 Å². The van der Waals surface area contributed by atoms with Gasteiger partial charge in [0.25, 0.3) is 0 Å². The molecule has 2 spiro atoms. The lowest BCUT2D eigenvalue weighted by molar-refractivity contribution is -0.157. The second kappa shape index (κ2) is 8.57. The Labute approximate surface area is 260 Å². The summed E-state index contributed by atoms with van der Waals surface area (Å²) in [5.41, 5.74) is -3.91. The van der Waals surface area contributed by atoms with Crippen LogP contribution in [0, 0.1) is 44.3 Å². The summed E-state index contributed by atoms with van der Waals surface area (Å²) in [6, 6.07) is 0. The van der Waals surface area contributed by atoms with E-state index in [4.69, 9.17) is 46.4 Å². The molecule has 0 aromatic heterocycles. The fraction of sp³-hybridized carbons (Fsp3) is 0.938. The van der Waals surface area contributed by atoms with Crippen molar-refractivity contribution in [3.8, 4) is 0 Å². The van der Waals surface area contributed by atoms with Crippen molar-refractivity contribution in [2.45, 2.75) is 139 Å². The Balaban J connectivity index is 0.000000161. The molecule has 6 rings (SSSR count). The smallest absolute Gasteiger partial charge is 0.168 e. The third kappa shape index (κ3) is 3.48. The van der Waals surface area contributed by atoms with Gasteiger partial charge in [-0.25, -0.2) is 0 Å². The highest BCUT2D eigenvalue weighted by molar-refractivity contribution is 6.53. The largest absolute Gasteiger partial charge is 0.382 e. The summed E-state index contributed by atoms with van der Waals surface area (Å²) in [5, 5.41) is 20.9. The zero-order valence-electron chi connectivity index (χ0n) is 25.4. The van der Waals surface area contributed by atoms with Crippen molar-refractivity contribution < 1.29 is 19.8 Å². The number of ketones is 2. The van der Waals surface area contributed by atoms with Gasteiger partial charge in [-0.1, -0.05) is 54.4 Å². The average Bonchev–Trinajstić information content (AvgIpc) is 3.41. The van der Waals surface area contributed by atoms with Crippen molar-refractivity contribution in [1.29, 1.82) is 0 Å². The lowest BCUT2D eigenvalue weighted by Crippen LogP contribution is -2.54. The van der Waals surface area contributed by atoms with Gasteiger partial charge in [-0.15, -0.1) is 46.4 Å². The maximum atomic E-state index is 12.9. The van der Waals surface area contributed by atoms with Crippen molar-refractivity contribution in [2.24, 2.45) is 44.3 Å². The third-order valence-corrected chi connectivity index (χ3v) is 16.5. The van der Waals surface area contributed by atoms with Gasteiger partial charge in [0.2, 0.25) is 0 Å². The highest BCUT2D eigenvalue weighted by Crippen LogP contribution is 2.89. The number of hydrogen-bond acceptors (Lipinski definition) is 4. The van der Waals surface area contributed by atoms with Gasteiger partial charge < -0.3 is 10.2 Å². The van der Waals surface area contributed by atoms with E-state index in [1.54, 1.807) is 13.8 Å². The monoisotopic (exact) mass is 636 g/mol. The fourth-order valence-corrected chi connectivity index (χ4v) is 13.3. The van der Waals surface area contributed by atoms with Gasteiger partial charge in [0.05, 0.1) is 0 Å². The minimum absolute atomic E-state index is 0.0509. The molecule has 0 aromatic rings. The Morgan fingerprint density at radius 3 is 1.12 bits per heavy atom. The van der Waals surface area contributed by atoms with Gasteiger partial charge in [-0.3, -0.25) is 9.59 Å². The molecule has 8 heteroatoms. The SMILES string of the molecule is CC1(C)CCC[C@@]2(C)C(Cl)(Cl)[C@]23CC[C@](C)(O)C(=O)[C@H]13.CC1(C)CCC[C@@]2(C)C(Cl)(Cl)[C@]23CC[C@](C)(O)C(=O)[C@H]13. The normalized spacial score (nSPS) is 52.8. The fourth-order valence-electron chi connectivity index (χ4n) is 10.8. The van der Waals surface area contributed by atoms with E-state index < -0.39 is 19.9 Å². The van der Waals surface area contributed by atoms with Crippen LogP contribution in [0.2, 0.25) is 0 Å². The number of Topliss-reactive ketones (excluding diaryl/α,β-unsaturated/α-hetero) is 2. The van der Waals surface area contributed by atoms with Gasteiger partial charge in [0, 0.05) is 33.5 Å². The molecule has 6 fully saturated rings. The minimum Gasteiger partial charge on any atom is -0.382 e. The minimum atomic E-state index is -1.23. The van der Waals surface area contributed by atoms with Crippen LogP contribution in [0.15, 0.2) is 0 Å². The standard InChI is InChI=1S/2C16H24Cl2O2/c2*1-12(2)6-5-7-14(4)15(16(14,17)18)9-8-13(3,20)11(19)10(12)15/h2*10,20H,5-9H2,1-4H3/t2*10-,13+,14-,15+/m11/s1. The summed E-state index contributed by atoms with van der Waals surface area (Å²) in [6.07, 6.45) is 8.40. The van der Waals surface area contributed by atoms with Gasteiger partial charge >= 0.3 is 0 Å². The van der Waals surface area contributed by atoms with E-state index in [1.165, 1.54) is 0 Å². The zero-order valence-corrected chi connectivity index (χ0v) is 28.5. The molecule has 0 saturated heterocycles. The molecule has 6 aliphatic rings. The first kappa shape index (κ1) is 31.8. The summed E-state index contributed by atoms with van der Waals surface area (Å²) < 4.78 is -1.68. The Bertz CT molecular complexity index is 1050. The summed E-state index contributed by atoms with van der Waals surface area (Å²) in [6.45, 7) is 16.1. The van der Waals surface area contributed by atoms with Crippen molar-refractivity contribution in [3.63, 3.8) is 0 Å². The molecule has 2 N–H and O–H groups in total. The first-order chi connectivity index (χ1) is 17.9. The van der Waals surface area contributed by atoms with E-state index in [1.807, 2.05) is 0 Å². The van der Waals surface area contributed by atoms with Crippen molar-refractivity contribution in [2.75, 3.05) is 0 Å². The lowest BCUT2D eigenvalue weighted by Gasteiger charge is -2.47. The molecule has 228 valence electrons. The van der Waals surface area contributed by atoms with Crippen LogP contribution in [0.3, 0.4) is 0 Å². The molecule has 0 aromatic carbocycles. The maximum absolute atomic E-state index is 12.9. The maximum Gasteiger partial charge on any atom is 0.168 e. The van der Waals surface area contributed by atoms with Gasteiger partial charge in [-0.05, 0) is 76.0 Å². The second-order valence-electron chi connectivity index (χ2n) is 16.6. The van der Waals surface area contributed by atoms with Crippen LogP contribution in [-0.4, -0.2) is 41.6 Å². The Hall–Kier alpha value is 0.420. The van der Waals surface area contributed by atoms with E-state index in [2.05, 4.69) is 41.5 Å². The third-order valence-electron chi connectivity index (χ3n) is 13.5. The Morgan fingerprint density at radius 2 is 0.825 bits per heavy atom. The number of alkyl halides is 4. The van der Waals surface area contributed by atoms with E-state index >= 15 is 0 Å². The summed E-state index contributed by atoms with van der Waals surface area (Å²) in [7, 11) is 0. The van der Waals surface area contributed by atoms with Crippen molar-refractivity contribution in [1.82, 2.24) is 0 Å². The quantitative estimate of drug-likeness (QED) is 0.263. The van der Waals surface area contributed by atoms with Crippen LogP contribution in [0.5, 0.6) is 0 Å². The van der Waals surface area contributed by atoms with Crippen LogP contribution >= 0.6 is 46.4 Å². The first-order valence-electron chi connectivity index (χ1n) is 15.2. The number of rotatable bonds is 0. The second-order valence-corrected chi connectivity index (χ2v) is 19.2. The molecule has 0 amide bonds. The van der Waals surface area contributed by atoms with Crippen molar-refractivity contribution in [3.05, 3.63) is 0 Å². The van der Waals surface area contributed by atoms with E-state index in [9.17, 15) is 19.8 Å². The topological polar surface area (TPSA) is 74.6 Å². The molecular weight excluding hydrogens is 590 g/mol. The molecule has 0 bridgehead atoms. The lowest BCUT2D eigenvalue weighted by atomic mass is 9.57.